The van der Waals surface area contributed by atoms with E-state index in [4.69, 9.17) is 17.4 Å². The van der Waals surface area contributed by atoms with E-state index in [1.165, 1.54) is 17.5 Å². The molecule has 0 bridgehead atoms. The van der Waals surface area contributed by atoms with Gasteiger partial charge in [0.15, 0.2) is 0 Å². The Hall–Kier alpha value is -1.20. The van der Waals surface area contributed by atoms with Crippen LogP contribution in [-0.4, -0.2) is 19.7 Å². The molecule has 2 N–H and O–H groups in total. The molecule has 3 atom stereocenters. The number of piperidine rings is 1. The molecule has 1 unspecified atom stereocenters. The van der Waals surface area contributed by atoms with Crippen LogP contribution in [0.1, 0.15) is 40.9 Å². The van der Waals surface area contributed by atoms with Crippen LogP contribution in [0.2, 0.25) is 0 Å². The summed E-state index contributed by atoms with van der Waals surface area (Å²) in [5.74, 6) is 0.883. The molecule has 1 fully saturated rings. The number of ether oxygens (including phenoxy) is 1. The molecule has 1 heterocycles. The van der Waals surface area contributed by atoms with Crippen LogP contribution < -0.4 is 15.4 Å². The maximum atomic E-state index is 5.52. The minimum absolute atomic E-state index is 0. The molecule has 5 heteroatoms. The Bertz CT molecular complexity index is 668. The summed E-state index contributed by atoms with van der Waals surface area (Å²) < 4.78 is 5.52. The van der Waals surface area contributed by atoms with Crippen LogP contribution in [0.15, 0.2) is 48.5 Å². The highest BCUT2D eigenvalue weighted by Crippen LogP contribution is 2.32. The van der Waals surface area contributed by atoms with Crippen LogP contribution in [0.3, 0.4) is 0 Å². The van der Waals surface area contributed by atoms with Gasteiger partial charge in [-0.25, -0.2) is 0 Å². The van der Waals surface area contributed by atoms with Gasteiger partial charge in [0, 0.05) is 17.6 Å². The monoisotopic (exact) mass is 378 g/mol. The van der Waals surface area contributed by atoms with Crippen LogP contribution in [0, 0.1) is 6.92 Å². The van der Waals surface area contributed by atoms with E-state index in [0.29, 0.717) is 12.1 Å². The number of rotatable bonds is 5. The first kappa shape index (κ1) is 20.1. The highest BCUT2D eigenvalue weighted by atomic mass is 35.5. The Labute approximate surface area is 162 Å². The molecule has 0 aromatic heterocycles. The Morgan fingerprint density at radius 3 is 2.68 bits per heavy atom. The molecule has 0 amide bonds. The van der Waals surface area contributed by atoms with Crippen molar-refractivity contribution in [2.24, 2.45) is 0 Å². The van der Waals surface area contributed by atoms with Crippen molar-refractivity contribution in [2.75, 3.05) is 13.7 Å². The molecular weight excluding hydrogens is 352 g/mol. The highest BCUT2D eigenvalue weighted by molar-refractivity contribution is 7.80. The van der Waals surface area contributed by atoms with Gasteiger partial charge >= 0.3 is 0 Å². The maximum absolute atomic E-state index is 5.52. The lowest BCUT2D eigenvalue weighted by Crippen LogP contribution is -2.46. The Morgan fingerprint density at radius 1 is 1.20 bits per heavy atom. The van der Waals surface area contributed by atoms with Gasteiger partial charge in [0.1, 0.15) is 5.75 Å². The van der Waals surface area contributed by atoms with Crippen molar-refractivity contribution in [1.82, 2.24) is 10.6 Å². The van der Waals surface area contributed by atoms with Crippen LogP contribution in [0.5, 0.6) is 5.75 Å². The van der Waals surface area contributed by atoms with Gasteiger partial charge in [0.05, 0.1) is 12.5 Å². The molecule has 2 aromatic rings. The van der Waals surface area contributed by atoms with E-state index in [1.54, 1.807) is 7.11 Å². The summed E-state index contributed by atoms with van der Waals surface area (Å²) in [5.41, 5.74) is 3.64. The molecule has 0 radical (unpaired) electrons. The summed E-state index contributed by atoms with van der Waals surface area (Å²) >= 11 is 4.83. The molecule has 0 saturated carbocycles. The van der Waals surface area contributed by atoms with Gasteiger partial charge in [0.2, 0.25) is 0 Å². The van der Waals surface area contributed by atoms with Crippen LogP contribution in [-0.2, 0) is 0 Å². The maximum Gasteiger partial charge on any atom is 0.124 e. The molecule has 1 aliphatic rings. The van der Waals surface area contributed by atoms with Gasteiger partial charge in [-0.15, -0.1) is 12.4 Å². The van der Waals surface area contributed by atoms with Crippen molar-refractivity contribution in [3.05, 3.63) is 65.2 Å². The fourth-order valence-electron chi connectivity index (χ4n) is 3.44. The topological polar surface area (TPSA) is 33.3 Å². The Kier molecular flexibility index (Phi) is 7.63. The number of methoxy groups -OCH3 is 1. The van der Waals surface area contributed by atoms with E-state index >= 15 is 0 Å². The summed E-state index contributed by atoms with van der Waals surface area (Å²) in [4.78, 5) is 0. The predicted octanol–water partition coefficient (Wildman–Crippen LogP) is 4.44. The SMILES string of the molecule is COc1ccc(C)cc1C(S)N[C@H]1CCCN[C@H]1c1ccccc1.Cl. The first-order valence-corrected chi connectivity index (χ1v) is 9.07. The summed E-state index contributed by atoms with van der Waals surface area (Å²) in [5, 5.41) is 7.30. The van der Waals surface area contributed by atoms with Crippen molar-refractivity contribution in [3.8, 4) is 5.75 Å². The number of nitrogens with one attached hydrogen (secondary N) is 2. The number of aryl methyl sites for hydroxylation is 1. The average molecular weight is 379 g/mol. The molecule has 0 spiro atoms. The summed E-state index contributed by atoms with van der Waals surface area (Å²) in [6.45, 7) is 3.15. The third-order valence-corrected chi connectivity index (χ3v) is 5.10. The van der Waals surface area contributed by atoms with Crippen molar-refractivity contribution >= 4 is 25.0 Å². The summed E-state index contributed by atoms with van der Waals surface area (Å²) in [6.07, 6.45) is 2.31. The van der Waals surface area contributed by atoms with Crippen LogP contribution in [0.25, 0.3) is 0 Å². The third-order valence-electron chi connectivity index (χ3n) is 4.67. The van der Waals surface area contributed by atoms with Crippen molar-refractivity contribution < 1.29 is 4.74 Å². The zero-order valence-corrected chi connectivity index (χ0v) is 16.4. The van der Waals surface area contributed by atoms with Gasteiger partial charge in [-0.2, -0.15) is 12.6 Å². The molecule has 0 aliphatic carbocycles. The van der Waals surface area contributed by atoms with Gasteiger partial charge in [-0.3, -0.25) is 5.32 Å². The molecule has 3 rings (SSSR count). The smallest absolute Gasteiger partial charge is 0.124 e. The zero-order chi connectivity index (χ0) is 16.9. The predicted molar refractivity (Wildman–Crippen MR) is 110 cm³/mol. The molecule has 1 saturated heterocycles. The van der Waals surface area contributed by atoms with E-state index in [0.717, 1.165) is 24.3 Å². The van der Waals surface area contributed by atoms with Gasteiger partial charge in [-0.1, -0.05) is 42.0 Å². The fraction of sp³-hybridized carbons (Fsp3) is 0.400. The second-order valence-electron chi connectivity index (χ2n) is 6.41. The number of thiol groups is 1. The molecule has 1 aliphatic heterocycles. The average Bonchev–Trinajstić information content (AvgIpc) is 2.63. The van der Waals surface area contributed by atoms with E-state index in [9.17, 15) is 0 Å². The molecule has 25 heavy (non-hydrogen) atoms. The van der Waals surface area contributed by atoms with Crippen molar-refractivity contribution in [3.63, 3.8) is 0 Å². The fourth-order valence-corrected chi connectivity index (χ4v) is 3.83. The minimum Gasteiger partial charge on any atom is -0.496 e. The number of hydrogen-bond acceptors (Lipinski definition) is 4. The number of benzene rings is 2. The minimum atomic E-state index is -0.0593. The molecule has 136 valence electrons. The van der Waals surface area contributed by atoms with Crippen LogP contribution in [0.4, 0.5) is 0 Å². The van der Waals surface area contributed by atoms with E-state index in [2.05, 4.69) is 60.0 Å². The lowest BCUT2D eigenvalue weighted by Gasteiger charge is -2.35. The molecule has 2 aromatic carbocycles. The lowest BCUT2D eigenvalue weighted by atomic mass is 9.92. The van der Waals surface area contributed by atoms with E-state index < -0.39 is 0 Å². The molecule has 3 nitrogen and oxygen atoms in total. The zero-order valence-electron chi connectivity index (χ0n) is 14.7. The second-order valence-corrected chi connectivity index (χ2v) is 6.92. The normalized spacial score (nSPS) is 21.2. The van der Waals surface area contributed by atoms with Crippen molar-refractivity contribution in [2.45, 2.75) is 37.2 Å². The van der Waals surface area contributed by atoms with E-state index in [-0.39, 0.29) is 17.8 Å². The second kappa shape index (κ2) is 9.48. The third kappa shape index (κ3) is 4.91. The number of hydrogen-bond donors (Lipinski definition) is 3. The Balaban J connectivity index is 0.00000225. The standard InChI is InChI=1S/C20H26N2OS.ClH/c1-14-10-11-18(23-2)16(13-14)20(24)22-17-9-6-12-21-19(17)15-7-4-3-5-8-15;/h3-5,7-8,10-11,13,17,19-22,24H,6,9,12H2,1-2H3;1H/t17-,19-,20?;/m0./s1. The highest BCUT2D eigenvalue weighted by Gasteiger charge is 2.28. The number of halogens is 1. The quantitative estimate of drug-likeness (QED) is 0.531. The Morgan fingerprint density at radius 2 is 1.96 bits per heavy atom. The van der Waals surface area contributed by atoms with Gasteiger partial charge in [-0.05, 0) is 44.0 Å². The van der Waals surface area contributed by atoms with Gasteiger partial charge in [0.25, 0.3) is 0 Å². The first-order chi connectivity index (χ1) is 11.7. The summed E-state index contributed by atoms with van der Waals surface area (Å²) in [6, 6.07) is 17.5. The summed E-state index contributed by atoms with van der Waals surface area (Å²) in [7, 11) is 1.71. The molecular formula is C20H27ClN2OS. The largest absolute Gasteiger partial charge is 0.496 e. The van der Waals surface area contributed by atoms with E-state index in [1.807, 2.05) is 6.07 Å². The van der Waals surface area contributed by atoms with Gasteiger partial charge < -0.3 is 10.1 Å². The first-order valence-electron chi connectivity index (χ1n) is 8.56. The lowest BCUT2D eigenvalue weighted by molar-refractivity contribution is 0.301. The van der Waals surface area contributed by atoms with Crippen molar-refractivity contribution in [1.29, 1.82) is 0 Å². The van der Waals surface area contributed by atoms with Crippen LogP contribution >= 0.6 is 25.0 Å².